The van der Waals surface area contributed by atoms with Crippen LogP contribution in [-0.2, 0) is 0 Å². The summed E-state index contributed by atoms with van der Waals surface area (Å²) in [7, 11) is 1.59. The molecule has 0 amide bonds. The summed E-state index contributed by atoms with van der Waals surface area (Å²) in [6, 6.07) is 12.3. The molecule has 0 N–H and O–H groups in total. The normalized spacial score (nSPS) is 10.8. The molecule has 0 aromatic heterocycles. The number of halogens is 2. The van der Waals surface area contributed by atoms with Gasteiger partial charge in [0.1, 0.15) is 5.75 Å². The van der Waals surface area contributed by atoms with Crippen LogP contribution in [0.25, 0.3) is 6.08 Å². The number of para-hydroxylation sites is 1. The minimum Gasteiger partial charge on any atom is -0.496 e. The van der Waals surface area contributed by atoms with Crippen LogP contribution in [0.5, 0.6) is 5.75 Å². The van der Waals surface area contributed by atoms with E-state index in [-0.39, 0.29) is 5.78 Å². The van der Waals surface area contributed by atoms with Crippen LogP contribution in [0.2, 0.25) is 10.0 Å². The highest BCUT2D eigenvalue weighted by Crippen LogP contribution is 2.23. The molecule has 0 fully saturated rings. The van der Waals surface area contributed by atoms with Gasteiger partial charge in [0.15, 0.2) is 5.78 Å². The fourth-order valence-electron chi connectivity index (χ4n) is 1.72. The minimum absolute atomic E-state index is 0.144. The third kappa shape index (κ3) is 3.41. The van der Waals surface area contributed by atoms with Crippen molar-refractivity contribution in [1.29, 1.82) is 0 Å². The van der Waals surface area contributed by atoms with Gasteiger partial charge in [-0.25, -0.2) is 0 Å². The van der Waals surface area contributed by atoms with Crippen LogP contribution in [0.4, 0.5) is 0 Å². The number of carbonyl (C=O) groups excluding carboxylic acids is 1. The Balaban J connectivity index is 2.22. The van der Waals surface area contributed by atoms with Gasteiger partial charge in [-0.2, -0.15) is 0 Å². The van der Waals surface area contributed by atoms with Crippen LogP contribution < -0.4 is 4.74 Å². The molecule has 2 rings (SSSR count). The van der Waals surface area contributed by atoms with Gasteiger partial charge in [-0.05, 0) is 36.4 Å². The number of rotatable bonds is 4. The quantitative estimate of drug-likeness (QED) is 0.593. The molecule has 0 spiro atoms. The van der Waals surface area contributed by atoms with Gasteiger partial charge in [0.25, 0.3) is 0 Å². The van der Waals surface area contributed by atoms with E-state index in [0.717, 1.165) is 5.56 Å². The molecule has 0 bridgehead atoms. The van der Waals surface area contributed by atoms with Crippen molar-refractivity contribution in [2.75, 3.05) is 7.11 Å². The first-order chi connectivity index (χ1) is 9.61. The zero-order valence-electron chi connectivity index (χ0n) is 10.8. The highest BCUT2D eigenvalue weighted by Gasteiger charge is 2.05. The molecule has 0 aliphatic carbocycles. The summed E-state index contributed by atoms with van der Waals surface area (Å²) in [6.07, 6.45) is 3.20. The Hall–Kier alpha value is -1.77. The van der Waals surface area contributed by atoms with E-state index >= 15 is 0 Å². The second-order valence-electron chi connectivity index (χ2n) is 4.07. The van der Waals surface area contributed by atoms with Crippen LogP contribution >= 0.6 is 23.2 Å². The first kappa shape index (κ1) is 14.6. The van der Waals surface area contributed by atoms with Gasteiger partial charge in [-0.15, -0.1) is 0 Å². The van der Waals surface area contributed by atoms with Gasteiger partial charge in [-0.1, -0.05) is 41.4 Å². The Morgan fingerprint density at radius 2 is 1.85 bits per heavy atom. The largest absolute Gasteiger partial charge is 0.496 e. The maximum absolute atomic E-state index is 12.1. The molecule has 0 unspecified atom stereocenters. The predicted octanol–water partition coefficient (Wildman–Crippen LogP) is 4.90. The number of methoxy groups -OCH3 is 1. The predicted molar refractivity (Wildman–Crippen MR) is 82.8 cm³/mol. The van der Waals surface area contributed by atoms with Gasteiger partial charge >= 0.3 is 0 Å². The molecule has 0 heterocycles. The van der Waals surface area contributed by atoms with E-state index in [0.29, 0.717) is 21.4 Å². The SMILES string of the molecule is COc1ccccc1C=CC(=O)c1ccc(Cl)c(Cl)c1. The Bertz CT molecular complexity index is 663. The lowest BCUT2D eigenvalue weighted by atomic mass is 10.1. The molecule has 4 heteroatoms. The Morgan fingerprint density at radius 3 is 2.55 bits per heavy atom. The van der Waals surface area contributed by atoms with Gasteiger partial charge in [0.2, 0.25) is 0 Å². The number of benzene rings is 2. The maximum atomic E-state index is 12.1. The van der Waals surface area contributed by atoms with Crippen molar-refractivity contribution in [1.82, 2.24) is 0 Å². The maximum Gasteiger partial charge on any atom is 0.185 e. The topological polar surface area (TPSA) is 26.3 Å². The lowest BCUT2D eigenvalue weighted by Gasteiger charge is -2.03. The zero-order valence-corrected chi connectivity index (χ0v) is 12.3. The number of hydrogen-bond acceptors (Lipinski definition) is 2. The molecule has 20 heavy (non-hydrogen) atoms. The van der Waals surface area contributed by atoms with Crippen LogP contribution in [-0.4, -0.2) is 12.9 Å². The number of ketones is 1. The average Bonchev–Trinajstić information content (AvgIpc) is 2.47. The van der Waals surface area contributed by atoms with Crippen molar-refractivity contribution in [3.8, 4) is 5.75 Å². The van der Waals surface area contributed by atoms with Crippen molar-refractivity contribution < 1.29 is 9.53 Å². The molecule has 0 aliphatic heterocycles. The van der Waals surface area contributed by atoms with Gasteiger partial charge in [0, 0.05) is 11.1 Å². The molecule has 0 radical (unpaired) electrons. The van der Waals surface area contributed by atoms with Crippen molar-refractivity contribution >= 4 is 35.1 Å². The van der Waals surface area contributed by atoms with Crippen molar-refractivity contribution in [2.24, 2.45) is 0 Å². The first-order valence-corrected chi connectivity index (χ1v) is 6.68. The first-order valence-electron chi connectivity index (χ1n) is 5.92. The molecule has 0 atom stereocenters. The van der Waals surface area contributed by atoms with E-state index in [1.807, 2.05) is 24.3 Å². The van der Waals surface area contributed by atoms with Crippen LogP contribution in [0, 0.1) is 0 Å². The molecule has 2 aromatic carbocycles. The Morgan fingerprint density at radius 1 is 1.10 bits per heavy atom. The molecule has 102 valence electrons. The van der Waals surface area contributed by atoms with Gasteiger partial charge in [0.05, 0.1) is 17.2 Å². The number of carbonyl (C=O) groups is 1. The van der Waals surface area contributed by atoms with Gasteiger partial charge in [-0.3, -0.25) is 4.79 Å². The van der Waals surface area contributed by atoms with E-state index in [1.165, 1.54) is 6.08 Å². The van der Waals surface area contributed by atoms with Gasteiger partial charge < -0.3 is 4.74 Å². The Labute approximate surface area is 127 Å². The molecule has 0 saturated carbocycles. The summed E-state index contributed by atoms with van der Waals surface area (Å²) >= 11 is 11.7. The van der Waals surface area contributed by atoms with Crippen LogP contribution in [0.1, 0.15) is 15.9 Å². The lowest BCUT2D eigenvalue weighted by Crippen LogP contribution is -1.94. The summed E-state index contributed by atoms with van der Waals surface area (Å²) in [5.74, 6) is 0.570. The standard InChI is InChI=1S/C16H12Cl2O2/c1-20-16-5-3-2-4-11(16)7-9-15(19)12-6-8-13(17)14(18)10-12/h2-10H,1H3. The summed E-state index contributed by atoms with van der Waals surface area (Å²) in [4.78, 5) is 12.1. The molecule has 0 aliphatic rings. The van der Waals surface area contributed by atoms with Crippen LogP contribution in [0.3, 0.4) is 0 Å². The minimum atomic E-state index is -0.144. The molecular weight excluding hydrogens is 295 g/mol. The summed E-state index contributed by atoms with van der Waals surface area (Å²) in [5, 5.41) is 0.792. The second-order valence-corrected chi connectivity index (χ2v) is 4.88. The Kier molecular flexibility index (Phi) is 4.83. The number of hydrogen-bond donors (Lipinski definition) is 0. The van der Waals surface area contributed by atoms with E-state index in [1.54, 1.807) is 31.4 Å². The highest BCUT2D eigenvalue weighted by molar-refractivity contribution is 6.42. The number of ether oxygens (including phenoxy) is 1. The second kappa shape index (κ2) is 6.60. The molecule has 2 aromatic rings. The summed E-state index contributed by atoms with van der Waals surface area (Å²) in [5.41, 5.74) is 1.33. The smallest absolute Gasteiger partial charge is 0.185 e. The summed E-state index contributed by atoms with van der Waals surface area (Å²) in [6.45, 7) is 0. The van der Waals surface area contributed by atoms with Crippen LogP contribution in [0.15, 0.2) is 48.5 Å². The fourth-order valence-corrected chi connectivity index (χ4v) is 2.01. The highest BCUT2D eigenvalue weighted by atomic mass is 35.5. The summed E-state index contributed by atoms with van der Waals surface area (Å²) < 4.78 is 5.22. The van der Waals surface area contributed by atoms with Crippen molar-refractivity contribution in [2.45, 2.75) is 0 Å². The number of allylic oxidation sites excluding steroid dienone is 1. The molecule has 0 saturated heterocycles. The van der Waals surface area contributed by atoms with E-state index in [4.69, 9.17) is 27.9 Å². The van der Waals surface area contributed by atoms with E-state index in [2.05, 4.69) is 0 Å². The van der Waals surface area contributed by atoms with E-state index in [9.17, 15) is 4.79 Å². The van der Waals surface area contributed by atoms with Crippen molar-refractivity contribution in [3.63, 3.8) is 0 Å². The average molecular weight is 307 g/mol. The molecule has 2 nitrogen and oxygen atoms in total. The molecular formula is C16H12Cl2O2. The van der Waals surface area contributed by atoms with Crippen molar-refractivity contribution in [3.05, 3.63) is 69.7 Å². The monoisotopic (exact) mass is 306 g/mol. The lowest BCUT2D eigenvalue weighted by molar-refractivity contribution is 0.104. The third-order valence-electron chi connectivity index (χ3n) is 2.76. The van der Waals surface area contributed by atoms with E-state index < -0.39 is 0 Å². The zero-order chi connectivity index (χ0) is 14.5. The third-order valence-corrected chi connectivity index (χ3v) is 3.50. The fraction of sp³-hybridized carbons (Fsp3) is 0.0625.